The van der Waals surface area contributed by atoms with Crippen LogP contribution in [0.3, 0.4) is 0 Å². The first-order valence-electron chi connectivity index (χ1n) is 13.0. The number of alkyl halides is 3. The lowest BCUT2D eigenvalue weighted by atomic mass is 9.90. The van der Waals surface area contributed by atoms with Gasteiger partial charge in [-0.25, -0.2) is 9.59 Å². The van der Waals surface area contributed by atoms with Crippen LogP contribution in [0.15, 0.2) is 53.1 Å². The molecule has 0 unspecified atom stereocenters. The van der Waals surface area contributed by atoms with Gasteiger partial charge in [-0.2, -0.15) is 18.4 Å². The van der Waals surface area contributed by atoms with Gasteiger partial charge in [-0.1, -0.05) is 18.1 Å². The second kappa shape index (κ2) is 12.7. The van der Waals surface area contributed by atoms with Gasteiger partial charge in [0.05, 0.1) is 40.9 Å². The van der Waals surface area contributed by atoms with E-state index in [0.717, 1.165) is 25.3 Å². The number of nitrogens with one attached hydrogen (secondary N) is 2. The van der Waals surface area contributed by atoms with Crippen LogP contribution in [-0.2, 0) is 22.1 Å². The van der Waals surface area contributed by atoms with Gasteiger partial charge in [-0.3, -0.25) is 14.9 Å². The highest BCUT2D eigenvalue weighted by Crippen LogP contribution is 2.41. The molecule has 0 radical (unpaired) electrons. The number of fused-ring (bicyclic) bond motifs is 1. The molecule has 0 aliphatic heterocycles. The van der Waals surface area contributed by atoms with Crippen LogP contribution in [-0.4, -0.2) is 41.1 Å². The van der Waals surface area contributed by atoms with E-state index in [1.54, 1.807) is 13.0 Å². The number of Topliss-reactive ketones (excluding diaryl/α,β-unsaturated/α-hetero) is 1. The Morgan fingerprint density at radius 1 is 1.05 bits per heavy atom. The minimum absolute atomic E-state index is 0.0118. The molecule has 0 atom stereocenters. The first-order chi connectivity index (χ1) is 20.9. The van der Waals surface area contributed by atoms with Crippen LogP contribution < -0.4 is 10.6 Å². The van der Waals surface area contributed by atoms with Gasteiger partial charge >= 0.3 is 18.2 Å². The molecule has 4 aromatic rings. The molecule has 0 fully saturated rings. The number of aromatic nitrogens is 1. The monoisotopic (exact) mass is 608 g/mol. The van der Waals surface area contributed by atoms with Crippen LogP contribution in [0, 0.1) is 11.3 Å². The molecule has 2 amide bonds. The highest BCUT2D eigenvalue weighted by atomic mass is 19.4. The molecule has 0 bridgehead atoms. The number of methoxy groups -OCH3 is 1. The quantitative estimate of drug-likeness (QED) is 0.194. The first-order valence-corrected chi connectivity index (χ1v) is 13.0. The number of hydrogen-bond donors (Lipinski definition) is 3. The summed E-state index contributed by atoms with van der Waals surface area (Å²) in [5, 5.41) is 27.0. The average molecular weight is 609 g/mol. The third-order valence-electron chi connectivity index (χ3n) is 6.50. The van der Waals surface area contributed by atoms with E-state index in [-0.39, 0.29) is 74.5 Å². The number of carbonyl (C=O) groups excluding carboxylic acids is 3. The van der Waals surface area contributed by atoms with Gasteiger partial charge < -0.3 is 19.7 Å². The SMILES string of the molecule is CCCC(=O)Cc1cc2c(C(=O)Nc3ccc(C#N)cc3C(=O)O)noc2cc1-c1ccc(NC(=O)OC)cc1C(F)(F)F. The average Bonchev–Trinajstić information content (AvgIpc) is 3.39. The number of carboxylic acid groups (broad SMARTS) is 1. The van der Waals surface area contributed by atoms with E-state index in [1.807, 2.05) is 0 Å². The lowest BCUT2D eigenvalue weighted by Gasteiger charge is -2.17. The zero-order chi connectivity index (χ0) is 32.2. The molecular formula is C30H23F3N4O7. The number of anilines is 2. The van der Waals surface area contributed by atoms with Crippen LogP contribution >= 0.6 is 0 Å². The Labute approximate surface area is 247 Å². The second-order valence-corrected chi connectivity index (χ2v) is 9.51. The molecule has 0 aliphatic carbocycles. The van der Waals surface area contributed by atoms with Crippen molar-refractivity contribution in [1.29, 1.82) is 5.26 Å². The summed E-state index contributed by atoms with van der Waals surface area (Å²) >= 11 is 0. The molecular weight excluding hydrogens is 585 g/mol. The number of benzene rings is 3. The fourth-order valence-corrected chi connectivity index (χ4v) is 4.51. The maximum absolute atomic E-state index is 14.3. The Kier molecular flexibility index (Phi) is 8.98. The number of ether oxygens (including phenoxy) is 1. The number of amides is 2. The van der Waals surface area contributed by atoms with E-state index in [2.05, 4.69) is 20.5 Å². The molecule has 14 heteroatoms. The van der Waals surface area contributed by atoms with Gasteiger partial charge in [-0.15, -0.1) is 0 Å². The topological polar surface area (TPSA) is 172 Å². The Balaban J connectivity index is 1.85. The molecule has 0 spiro atoms. The van der Waals surface area contributed by atoms with Crippen LogP contribution in [0.4, 0.5) is 29.3 Å². The second-order valence-electron chi connectivity index (χ2n) is 9.51. The normalized spacial score (nSPS) is 11.1. The lowest BCUT2D eigenvalue weighted by Crippen LogP contribution is -2.16. The van der Waals surface area contributed by atoms with Gasteiger partial charge in [0.1, 0.15) is 5.78 Å². The van der Waals surface area contributed by atoms with E-state index in [4.69, 9.17) is 9.78 Å². The van der Waals surface area contributed by atoms with Crippen LogP contribution in [0.25, 0.3) is 22.1 Å². The summed E-state index contributed by atoms with van der Waals surface area (Å²) in [4.78, 5) is 49.2. The Morgan fingerprint density at radius 3 is 2.43 bits per heavy atom. The van der Waals surface area contributed by atoms with Crippen molar-refractivity contribution >= 4 is 46.1 Å². The van der Waals surface area contributed by atoms with Gasteiger partial charge in [0.15, 0.2) is 11.3 Å². The lowest BCUT2D eigenvalue weighted by molar-refractivity contribution is -0.137. The molecule has 4 rings (SSSR count). The predicted molar refractivity (Wildman–Crippen MR) is 150 cm³/mol. The number of nitrogens with zero attached hydrogens (tertiary/aromatic N) is 2. The first kappa shape index (κ1) is 31.2. The molecule has 0 aliphatic rings. The highest BCUT2D eigenvalue weighted by Gasteiger charge is 2.35. The summed E-state index contributed by atoms with van der Waals surface area (Å²) in [6, 6.07) is 11.1. The van der Waals surface area contributed by atoms with E-state index in [9.17, 15) is 37.5 Å². The summed E-state index contributed by atoms with van der Waals surface area (Å²) in [6.45, 7) is 1.77. The Bertz CT molecular complexity index is 1840. The number of aromatic carboxylic acids is 1. The largest absolute Gasteiger partial charge is 0.478 e. The van der Waals surface area contributed by atoms with Crippen molar-refractivity contribution in [3.05, 3.63) is 76.5 Å². The molecule has 226 valence electrons. The zero-order valence-corrected chi connectivity index (χ0v) is 23.2. The van der Waals surface area contributed by atoms with E-state index in [1.165, 1.54) is 30.3 Å². The van der Waals surface area contributed by atoms with E-state index >= 15 is 0 Å². The number of nitriles is 1. The van der Waals surface area contributed by atoms with Gasteiger partial charge in [0.2, 0.25) is 0 Å². The molecule has 11 nitrogen and oxygen atoms in total. The van der Waals surface area contributed by atoms with Crippen molar-refractivity contribution in [2.75, 3.05) is 17.7 Å². The number of carboxylic acids is 1. The Hall–Kier alpha value is -5.71. The van der Waals surface area contributed by atoms with Crippen molar-refractivity contribution in [3.8, 4) is 17.2 Å². The third kappa shape index (κ3) is 6.67. The van der Waals surface area contributed by atoms with Gasteiger partial charge in [-0.05, 0) is 65.6 Å². The predicted octanol–water partition coefficient (Wildman–Crippen LogP) is 6.43. The molecule has 0 saturated heterocycles. The van der Waals surface area contributed by atoms with Crippen LogP contribution in [0.2, 0.25) is 0 Å². The highest BCUT2D eigenvalue weighted by molar-refractivity contribution is 6.13. The maximum Gasteiger partial charge on any atom is 0.417 e. The van der Waals surface area contributed by atoms with Crippen LogP contribution in [0.1, 0.15) is 57.3 Å². The Morgan fingerprint density at radius 2 is 1.80 bits per heavy atom. The number of halogens is 3. The zero-order valence-electron chi connectivity index (χ0n) is 23.2. The summed E-state index contributed by atoms with van der Waals surface area (Å²) in [5.74, 6) is -2.57. The number of rotatable bonds is 9. The summed E-state index contributed by atoms with van der Waals surface area (Å²) in [6.07, 6.45) is -5.47. The standard InChI is InChI=1S/C30H23F3N4O7/c1-3-4-18(38)10-16-11-22-25(13-20(16)19-7-6-17(35-29(42)43-2)12-23(19)30(31,32)33)44-37-26(22)27(39)36-24-8-5-15(14-34)9-21(24)28(40)41/h5-9,11-13H,3-4,10H2,1-2H3,(H,35,42)(H,36,39)(H,40,41). The molecule has 3 aromatic carbocycles. The minimum Gasteiger partial charge on any atom is -0.478 e. The van der Waals surface area contributed by atoms with Crippen molar-refractivity contribution in [2.24, 2.45) is 0 Å². The molecule has 0 saturated carbocycles. The molecule has 1 aromatic heterocycles. The van der Waals surface area contributed by atoms with E-state index < -0.39 is 29.7 Å². The smallest absolute Gasteiger partial charge is 0.417 e. The maximum atomic E-state index is 14.3. The van der Waals surface area contributed by atoms with Gasteiger partial charge in [0, 0.05) is 18.5 Å². The number of carbonyl (C=O) groups is 4. The summed E-state index contributed by atoms with van der Waals surface area (Å²) in [5.41, 5.74) is -2.32. The fraction of sp³-hybridized carbons (Fsp3) is 0.200. The molecule has 3 N–H and O–H groups in total. The molecule has 44 heavy (non-hydrogen) atoms. The fourth-order valence-electron chi connectivity index (χ4n) is 4.51. The number of ketones is 1. The van der Waals surface area contributed by atoms with E-state index in [0.29, 0.717) is 6.42 Å². The van der Waals surface area contributed by atoms with Crippen molar-refractivity contribution in [3.63, 3.8) is 0 Å². The van der Waals surface area contributed by atoms with Crippen molar-refractivity contribution in [2.45, 2.75) is 32.4 Å². The van der Waals surface area contributed by atoms with Crippen molar-refractivity contribution in [1.82, 2.24) is 5.16 Å². The number of hydrogen-bond acceptors (Lipinski definition) is 8. The third-order valence-corrected chi connectivity index (χ3v) is 6.50. The van der Waals surface area contributed by atoms with Crippen molar-refractivity contribution < 1.29 is 46.7 Å². The van der Waals surface area contributed by atoms with Gasteiger partial charge in [0.25, 0.3) is 5.91 Å². The minimum atomic E-state index is -4.88. The summed E-state index contributed by atoms with van der Waals surface area (Å²) < 4.78 is 52.5. The van der Waals surface area contributed by atoms with Crippen LogP contribution in [0.5, 0.6) is 0 Å². The molecule has 1 heterocycles. The summed E-state index contributed by atoms with van der Waals surface area (Å²) in [7, 11) is 1.06.